The highest BCUT2D eigenvalue weighted by atomic mass is 32.1. The van der Waals surface area contributed by atoms with Gasteiger partial charge < -0.3 is 19.7 Å². The summed E-state index contributed by atoms with van der Waals surface area (Å²) in [4.78, 5) is 29.9. The van der Waals surface area contributed by atoms with Crippen LogP contribution in [0.25, 0.3) is 11.0 Å². The molecule has 2 aromatic heterocycles. The number of rotatable bonds is 10. The van der Waals surface area contributed by atoms with Crippen LogP contribution in [0.4, 0.5) is 0 Å². The van der Waals surface area contributed by atoms with E-state index >= 15 is 0 Å². The second-order valence-electron chi connectivity index (χ2n) is 8.90. The first-order valence-corrected chi connectivity index (χ1v) is 13.1. The summed E-state index contributed by atoms with van der Waals surface area (Å²) in [7, 11) is 1.61. The smallest absolute Gasteiger partial charge is 0.248 e. The van der Waals surface area contributed by atoms with Crippen LogP contribution in [0.3, 0.4) is 0 Å². The van der Waals surface area contributed by atoms with E-state index in [0.29, 0.717) is 18.7 Å². The van der Waals surface area contributed by atoms with Crippen LogP contribution in [0, 0.1) is 0 Å². The molecule has 37 heavy (non-hydrogen) atoms. The van der Waals surface area contributed by atoms with Gasteiger partial charge in [0.1, 0.15) is 23.9 Å². The summed E-state index contributed by atoms with van der Waals surface area (Å²) in [5.74, 6) is 0.250. The maximum absolute atomic E-state index is 13.9. The zero-order valence-electron chi connectivity index (χ0n) is 20.6. The van der Waals surface area contributed by atoms with Gasteiger partial charge in [-0.25, -0.2) is 4.68 Å². The third kappa shape index (κ3) is 5.81. The van der Waals surface area contributed by atoms with Crippen molar-refractivity contribution in [3.63, 3.8) is 0 Å². The Bertz CT molecular complexity index is 1330. The molecule has 0 unspecified atom stereocenters. The number of methoxy groups -OCH3 is 1. The minimum absolute atomic E-state index is 0.000175. The van der Waals surface area contributed by atoms with Crippen LogP contribution in [0.1, 0.15) is 29.3 Å². The highest BCUT2D eigenvalue weighted by Gasteiger charge is 2.33. The summed E-state index contributed by atoms with van der Waals surface area (Å²) in [6.07, 6.45) is 1.90. The number of hydrogen-bond acceptors (Lipinski definition) is 7. The lowest BCUT2D eigenvalue weighted by molar-refractivity contribution is -0.142. The fourth-order valence-electron chi connectivity index (χ4n) is 4.49. The number of aromatic nitrogens is 3. The van der Waals surface area contributed by atoms with Crippen molar-refractivity contribution in [3.05, 3.63) is 76.5 Å². The summed E-state index contributed by atoms with van der Waals surface area (Å²) in [6.45, 7) is 1.32. The van der Waals surface area contributed by atoms with Crippen molar-refractivity contribution in [2.45, 2.75) is 38.1 Å². The number of fused-ring (bicyclic) bond motifs is 1. The molecule has 3 heterocycles. The largest absolute Gasteiger partial charge is 0.497 e. The molecule has 1 saturated heterocycles. The van der Waals surface area contributed by atoms with Crippen molar-refractivity contribution in [3.8, 4) is 5.75 Å². The lowest BCUT2D eigenvalue weighted by Gasteiger charge is -2.31. The molecular formula is C27H29N5O4S. The molecule has 2 atom stereocenters. The van der Waals surface area contributed by atoms with E-state index in [1.165, 1.54) is 11.3 Å². The standard InChI is InChI=1S/C27H29N5O4S/c1-35-20-12-10-19(11-13-20)17-31(25(33)18-32-23-8-3-2-7-22(23)29-30-32)26(24-9-5-15-37-24)27(34)28-16-21-6-4-14-36-21/h2-3,5,7-13,15,21,26H,4,6,14,16-18H2,1H3,(H,28,34)/t21-,26+/m1/s1. The summed E-state index contributed by atoms with van der Waals surface area (Å²) in [6, 6.07) is 18.0. The highest BCUT2D eigenvalue weighted by molar-refractivity contribution is 7.10. The molecule has 2 amide bonds. The Morgan fingerprint density at radius 2 is 2.03 bits per heavy atom. The zero-order chi connectivity index (χ0) is 25.6. The molecule has 10 heteroatoms. The molecular weight excluding hydrogens is 490 g/mol. The summed E-state index contributed by atoms with van der Waals surface area (Å²) in [5.41, 5.74) is 2.35. The minimum Gasteiger partial charge on any atom is -0.497 e. The average molecular weight is 520 g/mol. The number of nitrogens with one attached hydrogen (secondary N) is 1. The molecule has 0 bridgehead atoms. The molecule has 0 spiro atoms. The molecule has 9 nitrogen and oxygen atoms in total. The molecule has 192 valence electrons. The van der Waals surface area contributed by atoms with Crippen molar-refractivity contribution in [2.75, 3.05) is 20.3 Å². The number of thiophene rings is 1. The number of carbonyl (C=O) groups excluding carboxylic acids is 2. The van der Waals surface area contributed by atoms with Gasteiger partial charge in [-0.15, -0.1) is 16.4 Å². The lowest BCUT2D eigenvalue weighted by Crippen LogP contribution is -2.45. The maximum Gasteiger partial charge on any atom is 0.248 e. The lowest BCUT2D eigenvalue weighted by atomic mass is 10.1. The Balaban J connectivity index is 1.45. The average Bonchev–Trinajstić information content (AvgIpc) is 3.71. The van der Waals surface area contributed by atoms with E-state index in [2.05, 4.69) is 15.6 Å². The van der Waals surface area contributed by atoms with E-state index in [0.717, 1.165) is 34.5 Å². The predicted octanol–water partition coefficient (Wildman–Crippen LogP) is 3.57. The van der Waals surface area contributed by atoms with Crippen LogP contribution >= 0.6 is 11.3 Å². The van der Waals surface area contributed by atoms with Gasteiger partial charge in [0.05, 0.1) is 18.7 Å². The van der Waals surface area contributed by atoms with Gasteiger partial charge in [-0.3, -0.25) is 9.59 Å². The molecule has 5 rings (SSSR count). The Morgan fingerprint density at radius 3 is 2.76 bits per heavy atom. The number of amides is 2. The van der Waals surface area contributed by atoms with Crippen molar-refractivity contribution < 1.29 is 19.1 Å². The first-order chi connectivity index (χ1) is 18.1. The van der Waals surface area contributed by atoms with Gasteiger partial charge in [-0.05, 0) is 54.1 Å². The van der Waals surface area contributed by atoms with Gasteiger partial charge in [0.25, 0.3) is 0 Å². The second kappa shape index (κ2) is 11.5. The first kappa shape index (κ1) is 24.9. The highest BCUT2D eigenvalue weighted by Crippen LogP contribution is 2.29. The van der Waals surface area contributed by atoms with Gasteiger partial charge in [0.2, 0.25) is 11.8 Å². The molecule has 4 aromatic rings. The number of para-hydroxylation sites is 1. The fraction of sp³-hybridized carbons (Fsp3) is 0.333. The molecule has 1 fully saturated rings. The maximum atomic E-state index is 13.9. The summed E-state index contributed by atoms with van der Waals surface area (Å²) in [5, 5.41) is 13.3. The van der Waals surface area contributed by atoms with Crippen molar-refractivity contribution in [1.29, 1.82) is 0 Å². The van der Waals surface area contributed by atoms with Gasteiger partial charge in [-0.2, -0.15) is 0 Å². The number of carbonyl (C=O) groups is 2. The SMILES string of the molecule is COc1ccc(CN(C(=O)Cn2nnc3ccccc32)[C@H](C(=O)NC[C@H]2CCCO2)c2cccs2)cc1. The Morgan fingerprint density at radius 1 is 1.19 bits per heavy atom. The van der Waals surface area contributed by atoms with Gasteiger partial charge in [0, 0.05) is 24.6 Å². The Hall–Kier alpha value is -3.76. The van der Waals surface area contributed by atoms with Gasteiger partial charge in [0.15, 0.2) is 0 Å². The first-order valence-electron chi connectivity index (χ1n) is 12.3. The van der Waals surface area contributed by atoms with E-state index in [1.807, 2.05) is 66.0 Å². The monoisotopic (exact) mass is 519 g/mol. The molecule has 1 N–H and O–H groups in total. The minimum atomic E-state index is -0.800. The van der Waals surface area contributed by atoms with E-state index < -0.39 is 6.04 Å². The summed E-state index contributed by atoms with van der Waals surface area (Å²) < 4.78 is 12.5. The van der Waals surface area contributed by atoms with Crippen molar-refractivity contribution in [2.24, 2.45) is 0 Å². The van der Waals surface area contributed by atoms with Crippen molar-refractivity contribution in [1.82, 2.24) is 25.2 Å². The van der Waals surface area contributed by atoms with E-state index in [4.69, 9.17) is 9.47 Å². The van der Waals surface area contributed by atoms with Gasteiger partial charge in [-0.1, -0.05) is 35.5 Å². The summed E-state index contributed by atoms with van der Waals surface area (Å²) >= 11 is 1.45. The number of benzene rings is 2. The predicted molar refractivity (Wildman–Crippen MR) is 140 cm³/mol. The molecule has 1 aliphatic rings. The van der Waals surface area contributed by atoms with E-state index in [1.54, 1.807) is 16.7 Å². The third-order valence-corrected chi connectivity index (χ3v) is 7.36. The van der Waals surface area contributed by atoms with Crippen LogP contribution in [0.5, 0.6) is 5.75 Å². The molecule has 0 radical (unpaired) electrons. The van der Waals surface area contributed by atoms with Crippen LogP contribution < -0.4 is 10.1 Å². The van der Waals surface area contributed by atoms with Gasteiger partial charge >= 0.3 is 0 Å². The Kier molecular flexibility index (Phi) is 7.76. The van der Waals surface area contributed by atoms with E-state index in [-0.39, 0.29) is 31.0 Å². The van der Waals surface area contributed by atoms with Crippen LogP contribution in [-0.4, -0.2) is 58.1 Å². The van der Waals surface area contributed by atoms with Crippen LogP contribution in [0.15, 0.2) is 66.0 Å². The topological polar surface area (TPSA) is 98.6 Å². The number of nitrogens with zero attached hydrogens (tertiary/aromatic N) is 4. The van der Waals surface area contributed by atoms with E-state index in [9.17, 15) is 9.59 Å². The molecule has 2 aromatic carbocycles. The molecule has 1 aliphatic heterocycles. The normalized spacial score (nSPS) is 16.0. The quantitative estimate of drug-likeness (QED) is 0.344. The molecule has 0 saturated carbocycles. The van der Waals surface area contributed by atoms with Crippen LogP contribution in [0.2, 0.25) is 0 Å². The van der Waals surface area contributed by atoms with Crippen molar-refractivity contribution >= 4 is 34.2 Å². The van der Waals surface area contributed by atoms with Crippen LogP contribution in [-0.2, 0) is 27.4 Å². The number of ether oxygens (including phenoxy) is 2. The zero-order valence-corrected chi connectivity index (χ0v) is 21.4. The third-order valence-electron chi connectivity index (χ3n) is 6.44. The second-order valence-corrected chi connectivity index (χ2v) is 9.88. The Labute approximate surface area is 219 Å². The number of hydrogen-bond donors (Lipinski definition) is 1. The molecule has 0 aliphatic carbocycles. The fourth-order valence-corrected chi connectivity index (χ4v) is 5.33.